The number of nitriles is 1. The molecule has 3 rings (SSSR count). The molecular formula is C30H29N7O8. The molecule has 45 heavy (non-hydrogen) atoms. The van der Waals surface area contributed by atoms with Crippen molar-refractivity contribution in [2.24, 2.45) is 10.2 Å². The summed E-state index contributed by atoms with van der Waals surface area (Å²) < 4.78 is 10.9. The van der Waals surface area contributed by atoms with Crippen molar-refractivity contribution in [2.45, 2.75) is 26.8 Å². The summed E-state index contributed by atoms with van der Waals surface area (Å²) in [5, 5.41) is 43.1. The van der Waals surface area contributed by atoms with E-state index in [2.05, 4.69) is 22.1 Å². The van der Waals surface area contributed by atoms with E-state index in [1.54, 1.807) is 19.1 Å². The van der Waals surface area contributed by atoms with Crippen LogP contribution in [-0.2, 0) is 20.9 Å². The van der Waals surface area contributed by atoms with E-state index in [4.69, 9.17) is 9.47 Å². The number of esters is 1. The van der Waals surface area contributed by atoms with Crippen molar-refractivity contribution in [1.29, 1.82) is 5.26 Å². The van der Waals surface area contributed by atoms with Gasteiger partial charge in [0.25, 0.3) is 5.69 Å². The molecule has 0 unspecified atom stereocenters. The number of hydrogen-bond acceptors (Lipinski definition) is 12. The molecule has 0 fully saturated rings. The van der Waals surface area contributed by atoms with E-state index in [0.717, 1.165) is 11.6 Å². The predicted octanol–water partition coefficient (Wildman–Crippen LogP) is 6.27. The highest BCUT2D eigenvalue weighted by atomic mass is 16.6. The van der Waals surface area contributed by atoms with Gasteiger partial charge in [-0.2, -0.15) is 5.26 Å². The summed E-state index contributed by atoms with van der Waals surface area (Å²) in [5.41, 5.74) is -0.218. The molecule has 0 bridgehead atoms. The highest BCUT2D eigenvalue weighted by molar-refractivity contribution is 5.94. The Bertz CT molecular complexity index is 1700. The Kier molecular flexibility index (Phi) is 11.4. The molecule has 0 radical (unpaired) electrons. The van der Waals surface area contributed by atoms with E-state index in [9.17, 15) is 35.1 Å². The van der Waals surface area contributed by atoms with Gasteiger partial charge in [0.1, 0.15) is 24.1 Å². The molecule has 0 aliphatic rings. The number of ether oxygens (including phenoxy) is 2. The van der Waals surface area contributed by atoms with Crippen molar-refractivity contribution in [3.8, 4) is 11.8 Å². The van der Waals surface area contributed by atoms with Crippen LogP contribution >= 0.6 is 0 Å². The molecule has 0 heterocycles. The summed E-state index contributed by atoms with van der Waals surface area (Å²) in [4.78, 5) is 47.6. The molecule has 1 amide bonds. The van der Waals surface area contributed by atoms with Gasteiger partial charge in [0.05, 0.1) is 46.4 Å². The quantitative estimate of drug-likeness (QED) is 0.0707. The number of methoxy groups -OCH3 is 1. The van der Waals surface area contributed by atoms with Crippen LogP contribution in [0.4, 0.5) is 34.1 Å². The van der Waals surface area contributed by atoms with Crippen LogP contribution in [0, 0.1) is 31.6 Å². The number of nitrogens with zero attached hydrogens (tertiary/aromatic N) is 6. The molecule has 1 N–H and O–H groups in total. The van der Waals surface area contributed by atoms with Crippen molar-refractivity contribution < 1.29 is 28.9 Å². The second-order valence-electron chi connectivity index (χ2n) is 9.68. The standard InChI is InChI=1S/C30H29N7O8/c1-19(2)18-45-29(39)10-11-35(17-21-8-6-5-7-9-21)26-14-24(32-20(3)38)25(15-28(26)44-4)33-34-30-22(16-31)12-23(36(40)41)13-27(30)37(42)43/h5-9,12-15H,1,10-11,17-18H2,2-4H3,(H,32,38). The fourth-order valence-corrected chi connectivity index (χ4v) is 4.07. The van der Waals surface area contributed by atoms with Gasteiger partial charge in [0.2, 0.25) is 5.91 Å². The highest BCUT2D eigenvalue weighted by Crippen LogP contribution is 2.42. The summed E-state index contributed by atoms with van der Waals surface area (Å²) in [7, 11) is 1.40. The molecule has 0 aromatic heterocycles. The van der Waals surface area contributed by atoms with Gasteiger partial charge in [-0.25, -0.2) is 0 Å². The maximum Gasteiger partial charge on any atom is 0.307 e. The van der Waals surface area contributed by atoms with E-state index in [-0.39, 0.29) is 36.7 Å². The molecule has 15 nitrogen and oxygen atoms in total. The molecule has 0 saturated heterocycles. The minimum atomic E-state index is -0.913. The summed E-state index contributed by atoms with van der Waals surface area (Å²) in [6.45, 7) is 7.35. The summed E-state index contributed by atoms with van der Waals surface area (Å²) in [5.74, 6) is -0.664. The summed E-state index contributed by atoms with van der Waals surface area (Å²) in [6, 6.07) is 15.6. The number of azo groups is 1. The first-order valence-electron chi connectivity index (χ1n) is 13.3. The highest BCUT2D eigenvalue weighted by Gasteiger charge is 2.25. The fraction of sp³-hybridized carbons (Fsp3) is 0.233. The van der Waals surface area contributed by atoms with E-state index in [1.165, 1.54) is 20.1 Å². The van der Waals surface area contributed by atoms with E-state index < -0.39 is 44.3 Å². The van der Waals surface area contributed by atoms with Crippen LogP contribution in [-0.4, -0.2) is 42.0 Å². The first-order valence-corrected chi connectivity index (χ1v) is 13.3. The average Bonchev–Trinajstić information content (AvgIpc) is 3.00. The molecule has 0 aliphatic heterocycles. The number of hydrogen-bond donors (Lipinski definition) is 1. The molecule has 0 spiro atoms. The number of nitrogens with one attached hydrogen (secondary N) is 1. The third-order valence-corrected chi connectivity index (χ3v) is 6.09. The molecule has 0 atom stereocenters. The Morgan fingerprint density at radius 1 is 1.07 bits per heavy atom. The predicted molar refractivity (Wildman–Crippen MR) is 164 cm³/mol. The Morgan fingerprint density at radius 3 is 2.36 bits per heavy atom. The molecule has 0 saturated carbocycles. The molecule has 3 aromatic carbocycles. The number of carbonyl (C=O) groups excluding carboxylic acids is 2. The van der Waals surface area contributed by atoms with Crippen LogP contribution in [0.5, 0.6) is 5.75 Å². The third-order valence-electron chi connectivity index (χ3n) is 6.09. The van der Waals surface area contributed by atoms with Crippen molar-refractivity contribution in [2.75, 3.05) is 30.5 Å². The van der Waals surface area contributed by atoms with Gasteiger partial charge in [-0.3, -0.25) is 29.8 Å². The molecular weight excluding hydrogens is 586 g/mol. The number of non-ortho nitro benzene ring substituents is 1. The van der Waals surface area contributed by atoms with Crippen LogP contribution in [0.3, 0.4) is 0 Å². The number of amides is 1. The molecule has 232 valence electrons. The van der Waals surface area contributed by atoms with Crippen molar-refractivity contribution in [1.82, 2.24) is 0 Å². The number of rotatable bonds is 14. The zero-order valence-electron chi connectivity index (χ0n) is 24.7. The van der Waals surface area contributed by atoms with Gasteiger partial charge in [-0.1, -0.05) is 36.9 Å². The smallest absolute Gasteiger partial charge is 0.307 e. The Morgan fingerprint density at radius 2 is 1.78 bits per heavy atom. The molecule has 15 heteroatoms. The summed E-state index contributed by atoms with van der Waals surface area (Å²) in [6.07, 6.45) is 0.0148. The van der Waals surface area contributed by atoms with Crippen LogP contribution in [0.15, 0.2) is 77.0 Å². The number of carbonyl (C=O) groups is 2. The van der Waals surface area contributed by atoms with Gasteiger partial charge >= 0.3 is 11.7 Å². The maximum absolute atomic E-state index is 12.4. The SMILES string of the molecule is C=C(C)COC(=O)CCN(Cc1ccccc1)c1cc(NC(C)=O)c(N=Nc2c(C#N)cc([N+](=O)[O-])cc2[N+](=O)[O-])cc1OC. The molecule has 0 aliphatic carbocycles. The minimum Gasteiger partial charge on any atom is -0.494 e. The maximum atomic E-state index is 12.4. The number of anilines is 2. The number of nitro groups is 2. The Balaban J connectivity index is 2.12. The van der Waals surface area contributed by atoms with Crippen LogP contribution < -0.4 is 15.0 Å². The second kappa shape index (κ2) is 15.3. The first-order chi connectivity index (χ1) is 21.4. The number of benzene rings is 3. The Hall–Kier alpha value is -6.17. The largest absolute Gasteiger partial charge is 0.494 e. The second-order valence-corrected chi connectivity index (χ2v) is 9.68. The third kappa shape index (κ3) is 9.16. The molecule has 3 aromatic rings. The van der Waals surface area contributed by atoms with Crippen LogP contribution in [0.1, 0.15) is 31.4 Å². The topological polar surface area (TPSA) is 203 Å². The van der Waals surface area contributed by atoms with E-state index in [0.29, 0.717) is 23.9 Å². The van der Waals surface area contributed by atoms with Crippen LogP contribution in [0.2, 0.25) is 0 Å². The lowest BCUT2D eigenvalue weighted by atomic mass is 10.1. The summed E-state index contributed by atoms with van der Waals surface area (Å²) >= 11 is 0. The van der Waals surface area contributed by atoms with Crippen LogP contribution in [0.25, 0.3) is 0 Å². The zero-order valence-corrected chi connectivity index (χ0v) is 24.7. The van der Waals surface area contributed by atoms with E-state index >= 15 is 0 Å². The van der Waals surface area contributed by atoms with E-state index in [1.807, 2.05) is 35.2 Å². The van der Waals surface area contributed by atoms with Crippen molar-refractivity contribution in [3.05, 3.63) is 98.1 Å². The van der Waals surface area contributed by atoms with Gasteiger partial charge in [0.15, 0.2) is 5.69 Å². The minimum absolute atomic E-state index is 0.00266. The van der Waals surface area contributed by atoms with Crippen molar-refractivity contribution in [3.63, 3.8) is 0 Å². The number of nitro benzene ring substituents is 2. The van der Waals surface area contributed by atoms with Gasteiger partial charge in [0, 0.05) is 32.1 Å². The lowest BCUT2D eigenvalue weighted by Crippen LogP contribution is -2.27. The van der Waals surface area contributed by atoms with Crippen molar-refractivity contribution >= 4 is 46.0 Å². The van der Waals surface area contributed by atoms with Gasteiger partial charge < -0.3 is 19.7 Å². The zero-order chi connectivity index (χ0) is 33.1. The first kappa shape index (κ1) is 33.3. The Labute approximate surface area is 257 Å². The average molecular weight is 616 g/mol. The monoisotopic (exact) mass is 615 g/mol. The normalized spacial score (nSPS) is 10.5. The lowest BCUT2D eigenvalue weighted by Gasteiger charge is -2.27. The lowest BCUT2D eigenvalue weighted by molar-refractivity contribution is -0.393. The fourth-order valence-electron chi connectivity index (χ4n) is 4.07. The van der Waals surface area contributed by atoms with Gasteiger partial charge in [-0.05, 0) is 24.1 Å². The van der Waals surface area contributed by atoms with Gasteiger partial charge in [-0.15, -0.1) is 10.2 Å².